The third-order valence-corrected chi connectivity index (χ3v) is 6.46. The molecule has 3 heterocycles. The molecule has 3 aromatic heterocycles. The Bertz CT molecular complexity index is 1390. The van der Waals surface area contributed by atoms with Gasteiger partial charge in [0, 0.05) is 34.4 Å². The maximum atomic E-state index is 6.05. The highest BCUT2D eigenvalue weighted by Gasteiger charge is 2.16. The summed E-state index contributed by atoms with van der Waals surface area (Å²) in [6.45, 7) is 2.65. The molecule has 0 amide bonds. The number of nitrogens with one attached hydrogen (secondary N) is 3. The number of H-pyrrole nitrogens is 2. The lowest BCUT2D eigenvalue weighted by atomic mass is 9.85. The molecule has 8 heteroatoms. The minimum atomic E-state index is 0.647. The molecular formula is C24H26N8. The Labute approximate surface area is 185 Å². The van der Waals surface area contributed by atoms with E-state index in [1.165, 1.54) is 35.9 Å². The highest BCUT2D eigenvalue weighted by molar-refractivity contribution is 5.95. The van der Waals surface area contributed by atoms with E-state index in [1.54, 1.807) is 6.20 Å². The molecule has 6 rings (SSSR count). The van der Waals surface area contributed by atoms with Gasteiger partial charge in [0.25, 0.3) is 0 Å². The van der Waals surface area contributed by atoms with Gasteiger partial charge in [0.1, 0.15) is 5.69 Å². The van der Waals surface area contributed by atoms with Crippen molar-refractivity contribution in [1.82, 2.24) is 35.5 Å². The van der Waals surface area contributed by atoms with E-state index in [4.69, 9.17) is 5.73 Å². The van der Waals surface area contributed by atoms with Crippen LogP contribution < -0.4 is 11.1 Å². The van der Waals surface area contributed by atoms with Gasteiger partial charge in [-0.05, 0) is 60.5 Å². The number of rotatable bonds is 7. The third kappa shape index (κ3) is 3.62. The number of hydrogen-bond donors (Lipinski definition) is 4. The summed E-state index contributed by atoms with van der Waals surface area (Å²) in [4.78, 5) is 3.55. The van der Waals surface area contributed by atoms with Crippen LogP contribution in [0, 0.1) is 5.92 Å². The molecule has 0 bridgehead atoms. The molecule has 1 fully saturated rings. The Morgan fingerprint density at radius 3 is 2.94 bits per heavy atom. The zero-order chi connectivity index (χ0) is 21.5. The van der Waals surface area contributed by atoms with Gasteiger partial charge < -0.3 is 16.0 Å². The lowest BCUT2D eigenvalue weighted by Crippen LogP contribution is -2.26. The number of anilines is 1. The summed E-state index contributed by atoms with van der Waals surface area (Å²) in [6, 6.07) is 12.5. The number of hydrogen-bond acceptors (Lipinski definition) is 5. The molecule has 0 unspecified atom stereocenters. The van der Waals surface area contributed by atoms with Crippen molar-refractivity contribution in [2.24, 2.45) is 5.92 Å². The Morgan fingerprint density at radius 2 is 2.06 bits per heavy atom. The number of fused-ring (bicyclic) bond motifs is 2. The fourth-order valence-electron chi connectivity index (χ4n) is 4.51. The van der Waals surface area contributed by atoms with Crippen molar-refractivity contribution in [2.45, 2.75) is 32.4 Å². The molecule has 0 spiro atoms. The van der Waals surface area contributed by atoms with E-state index < -0.39 is 0 Å². The topological polar surface area (TPSA) is 113 Å². The van der Waals surface area contributed by atoms with Gasteiger partial charge in [0.05, 0.1) is 24.5 Å². The van der Waals surface area contributed by atoms with Gasteiger partial charge in [-0.1, -0.05) is 23.8 Å². The molecule has 32 heavy (non-hydrogen) atoms. The van der Waals surface area contributed by atoms with Crippen LogP contribution in [0.5, 0.6) is 0 Å². The van der Waals surface area contributed by atoms with Gasteiger partial charge in [-0.25, -0.2) is 4.68 Å². The van der Waals surface area contributed by atoms with Crippen LogP contribution in [0.4, 0.5) is 5.69 Å². The predicted octanol–water partition coefficient (Wildman–Crippen LogP) is 3.82. The summed E-state index contributed by atoms with van der Waals surface area (Å²) in [5.74, 6) is 0.871. The quantitative estimate of drug-likeness (QED) is 0.296. The van der Waals surface area contributed by atoms with E-state index in [0.29, 0.717) is 12.2 Å². The molecule has 5 N–H and O–H groups in total. The summed E-state index contributed by atoms with van der Waals surface area (Å²) in [5, 5.41) is 21.6. The van der Waals surface area contributed by atoms with Crippen LogP contribution in [0.2, 0.25) is 0 Å². The fourth-order valence-corrected chi connectivity index (χ4v) is 4.51. The molecule has 0 radical (unpaired) electrons. The second kappa shape index (κ2) is 7.80. The standard InChI is InChI=1S/C24H26N8/c25-18-8-20(21-12-27-29-23(21)9-18)24-14-32(31-30-24)13-16-4-5-17-7-19(28-22(17)6-16)11-26-10-15-2-1-3-15/h4-9,12,14-15,26,28H,1-3,10-11,13,25H2,(H,27,29). The SMILES string of the molecule is Nc1cc(-c2cn(Cc3ccc4cc(CNCC5CCC5)[nH]c4c3)nn2)c2cn[nH]c2c1. The maximum Gasteiger partial charge on any atom is 0.113 e. The lowest BCUT2D eigenvalue weighted by Gasteiger charge is -2.25. The van der Waals surface area contributed by atoms with Crippen LogP contribution in [0.25, 0.3) is 33.1 Å². The van der Waals surface area contributed by atoms with E-state index in [2.05, 4.69) is 55.1 Å². The predicted molar refractivity (Wildman–Crippen MR) is 126 cm³/mol. The van der Waals surface area contributed by atoms with Crippen molar-refractivity contribution < 1.29 is 0 Å². The average Bonchev–Trinajstić information content (AvgIpc) is 3.48. The van der Waals surface area contributed by atoms with Crippen molar-refractivity contribution in [3.63, 3.8) is 0 Å². The first-order valence-corrected chi connectivity index (χ1v) is 11.2. The highest BCUT2D eigenvalue weighted by Crippen LogP contribution is 2.29. The number of nitrogens with two attached hydrogens (primary N) is 1. The van der Waals surface area contributed by atoms with Crippen molar-refractivity contribution in [1.29, 1.82) is 0 Å². The zero-order valence-electron chi connectivity index (χ0n) is 17.8. The Balaban J connectivity index is 1.19. The molecule has 0 atom stereocenters. The average molecular weight is 427 g/mol. The van der Waals surface area contributed by atoms with Crippen LogP contribution in [-0.4, -0.2) is 36.7 Å². The smallest absolute Gasteiger partial charge is 0.113 e. The third-order valence-electron chi connectivity index (χ3n) is 6.46. The number of benzene rings is 2. The second-order valence-electron chi connectivity index (χ2n) is 8.85. The maximum absolute atomic E-state index is 6.05. The molecule has 2 aromatic carbocycles. The summed E-state index contributed by atoms with van der Waals surface area (Å²) in [7, 11) is 0. The molecule has 1 aliphatic carbocycles. The van der Waals surface area contributed by atoms with Crippen molar-refractivity contribution in [2.75, 3.05) is 12.3 Å². The summed E-state index contributed by atoms with van der Waals surface area (Å²) < 4.78 is 1.86. The molecule has 8 nitrogen and oxygen atoms in total. The largest absolute Gasteiger partial charge is 0.399 e. The molecule has 162 valence electrons. The first kappa shape index (κ1) is 19.1. The fraction of sp³-hybridized carbons (Fsp3) is 0.292. The lowest BCUT2D eigenvalue weighted by molar-refractivity contribution is 0.301. The molecule has 1 saturated carbocycles. The van der Waals surface area contributed by atoms with Crippen LogP contribution in [0.15, 0.2) is 48.8 Å². The highest BCUT2D eigenvalue weighted by atomic mass is 15.4. The van der Waals surface area contributed by atoms with E-state index >= 15 is 0 Å². The van der Waals surface area contributed by atoms with Gasteiger partial charge in [0.2, 0.25) is 0 Å². The van der Waals surface area contributed by atoms with Crippen LogP contribution in [0.3, 0.4) is 0 Å². The van der Waals surface area contributed by atoms with Crippen LogP contribution in [0.1, 0.15) is 30.5 Å². The van der Waals surface area contributed by atoms with Gasteiger partial charge in [-0.2, -0.15) is 5.10 Å². The monoisotopic (exact) mass is 426 g/mol. The minimum absolute atomic E-state index is 0.647. The molecule has 0 aliphatic heterocycles. The molecule has 1 aliphatic rings. The first-order chi connectivity index (χ1) is 15.7. The van der Waals surface area contributed by atoms with Gasteiger partial charge in [-0.15, -0.1) is 5.10 Å². The van der Waals surface area contributed by atoms with Crippen LogP contribution >= 0.6 is 0 Å². The van der Waals surface area contributed by atoms with Crippen molar-refractivity contribution in [3.05, 3.63) is 60.0 Å². The van der Waals surface area contributed by atoms with E-state index in [9.17, 15) is 0 Å². The number of nitrogens with zero attached hydrogens (tertiary/aromatic N) is 4. The number of nitrogen functional groups attached to an aromatic ring is 1. The minimum Gasteiger partial charge on any atom is -0.399 e. The van der Waals surface area contributed by atoms with Gasteiger partial charge in [-0.3, -0.25) is 5.10 Å². The normalized spacial score (nSPS) is 14.4. The number of aromatic nitrogens is 6. The Kier molecular flexibility index (Phi) is 4.65. The number of aromatic amines is 2. The van der Waals surface area contributed by atoms with E-state index in [1.807, 2.05) is 23.0 Å². The Morgan fingerprint density at radius 1 is 1.12 bits per heavy atom. The van der Waals surface area contributed by atoms with Crippen LogP contribution in [-0.2, 0) is 13.1 Å². The molecule has 0 saturated heterocycles. The van der Waals surface area contributed by atoms with Crippen molar-refractivity contribution in [3.8, 4) is 11.3 Å². The summed E-state index contributed by atoms with van der Waals surface area (Å²) in [5.41, 5.74) is 12.9. The molecule has 5 aromatic rings. The van der Waals surface area contributed by atoms with E-state index in [-0.39, 0.29) is 0 Å². The van der Waals surface area contributed by atoms with E-state index in [0.717, 1.165) is 46.7 Å². The van der Waals surface area contributed by atoms with Crippen molar-refractivity contribution >= 4 is 27.5 Å². The summed E-state index contributed by atoms with van der Waals surface area (Å²) in [6.07, 6.45) is 7.88. The first-order valence-electron chi connectivity index (χ1n) is 11.2. The molecular weight excluding hydrogens is 400 g/mol. The second-order valence-corrected chi connectivity index (χ2v) is 8.85. The Hall–Kier alpha value is -3.65. The zero-order valence-corrected chi connectivity index (χ0v) is 17.8. The summed E-state index contributed by atoms with van der Waals surface area (Å²) >= 11 is 0. The van der Waals surface area contributed by atoms with Gasteiger partial charge in [0.15, 0.2) is 0 Å². The van der Waals surface area contributed by atoms with Gasteiger partial charge >= 0.3 is 0 Å².